The molecule has 0 fully saturated rings. The van der Waals surface area contributed by atoms with E-state index in [2.05, 4.69) is 10.3 Å². The Morgan fingerprint density at radius 2 is 1.76 bits per heavy atom. The van der Waals surface area contributed by atoms with Crippen LogP contribution >= 0.6 is 0 Å². The van der Waals surface area contributed by atoms with Gasteiger partial charge < -0.3 is 11.1 Å². The first-order valence-corrected chi connectivity index (χ1v) is 4.70. The van der Waals surface area contributed by atoms with Crippen LogP contribution in [0.5, 0.6) is 0 Å². The highest BCUT2D eigenvalue weighted by Gasteiger charge is 2.13. The second kappa shape index (κ2) is 4.32. The molecule has 0 aliphatic carbocycles. The van der Waals surface area contributed by atoms with Crippen molar-refractivity contribution in [3.05, 3.63) is 47.9 Å². The molecule has 0 atom stereocenters. The monoisotopic (exact) mass is 239 g/mol. The van der Waals surface area contributed by atoms with E-state index in [0.29, 0.717) is 11.5 Å². The predicted octanol–water partition coefficient (Wildman–Crippen LogP) is 2.82. The zero-order valence-electron chi connectivity index (χ0n) is 8.55. The lowest BCUT2D eigenvalue weighted by atomic mass is 10.2. The lowest BCUT2D eigenvalue weighted by molar-refractivity contribution is 0.449. The highest BCUT2D eigenvalue weighted by Crippen LogP contribution is 2.23. The molecule has 88 valence electrons. The number of nitrogens with two attached hydrogens (primary N) is 1. The van der Waals surface area contributed by atoms with Crippen molar-refractivity contribution in [2.24, 2.45) is 0 Å². The minimum absolute atomic E-state index is 0.171. The summed E-state index contributed by atoms with van der Waals surface area (Å²) in [6.45, 7) is 0. The van der Waals surface area contributed by atoms with Gasteiger partial charge in [0.2, 0.25) is 0 Å². The largest absolute Gasteiger partial charge is 0.384 e. The molecule has 0 radical (unpaired) electrons. The highest BCUT2D eigenvalue weighted by molar-refractivity contribution is 5.60. The quantitative estimate of drug-likeness (QED) is 0.792. The van der Waals surface area contributed by atoms with Crippen LogP contribution in [-0.2, 0) is 0 Å². The summed E-state index contributed by atoms with van der Waals surface area (Å²) in [5.41, 5.74) is 5.62. The van der Waals surface area contributed by atoms with Crippen molar-refractivity contribution in [1.82, 2.24) is 4.98 Å². The molecule has 0 amide bonds. The average molecular weight is 239 g/mol. The maximum Gasteiger partial charge on any atom is 0.196 e. The molecule has 0 bridgehead atoms. The van der Waals surface area contributed by atoms with E-state index in [4.69, 9.17) is 5.73 Å². The van der Waals surface area contributed by atoms with Crippen molar-refractivity contribution in [1.29, 1.82) is 0 Å². The van der Waals surface area contributed by atoms with Gasteiger partial charge in [0.15, 0.2) is 17.5 Å². The zero-order valence-corrected chi connectivity index (χ0v) is 8.55. The minimum Gasteiger partial charge on any atom is -0.384 e. The Labute approximate surface area is 95.1 Å². The van der Waals surface area contributed by atoms with Crippen molar-refractivity contribution in [3.8, 4) is 0 Å². The molecule has 0 aliphatic rings. The molecule has 17 heavy (non-hydrogen) atoms. The molecule has 0 spiro atoms. The van der Waals surface area contributed by atoms with Crippen LogP contribution in [0.25, 0.3) is 0 Å². The number of nitrogen functional groups attached to an aromatic ring is 1. The van der Waals surface area contributed by atoms with Gasteiger partial charge in [-0.2, -0.15) is 0 Å². The van der Waals surface area contributed by atoms with Gasteiger partial charge in [-0.05, 0) is 24.3 Å². The maximum atomic E-state index is 13.3. The van der Waals surface area contributed by atoms with E-state index in [1.165, 1.54) is 12.3 Å². The second-order valence-electron chi connectivity index (χ2n) is 3.32. The van der Waals surface area contributed by atoms with E-state index in [-0.39, 0.29) is 5.69 Å². The molecule has 2 rings (SSSR count). The minimum atomic E-state index is -1.52. The predicted molar refractivity (Wildman–Crippen MR) is 58.2 cm³/mol. The Morgan fingerprint density at radius 1 is 1.00 bits per heavy atom. The van der Waals surface area contributed by atoms with Gasteiger partial charge in [-0.25, -0.2) is 18.2 Å². The summed E-state index contributed by atoms with van der Waals surface area (Å²) in [6, 6.07) is 4.98. The third-order valence-electron chi connectivity index (χ3n) is 2.10. The highest BCUT2D eigenvalue weighted by atomic mass is 19.2. The van der Waals surface area contributed by atoms with Crippen LogP contribution in [0.15, 0.2) is 30.5 Å². The Bertz CT molecular complexity index is 540. The number of anilines is 3. The van der Waals surface area contributed by atoms with E-state index in [9.17, 15) is 13.2 Å². The number of nitrogens with zero attached hydrogens (tertiary/aromatic N) is 1. The Kier molecular flexibility index (Phi) is 2.86. The van der Waals surface area contributed by atoms with Crippen molar-refractivity contribution < 1.29 is 13.2 Å². The fourth-order valence-electron chi connectivity index (χ4n) is 1.26. The van der Waals surface area contributed by atoms with Crippen molar-refractivity contribution >= 4 is 17.2 Å². The van der Waals surface area contributed by atoms with Crippen molar-refractivity contribution in [3.63, 3.8) is 0 Å². The Balaban J connectivity index is 2.30. The Hall–Kier alpha value is -2.24. The lowest BCUT2D eigenvalue weighted by Crippen LogP contribution is -1.99. The topological polar surface area (TPSA) is 50.9 Å². The first kappa shape index (κ1) is 11.3. The molecule has 1 aromatic carbocycles. The van der Waals surface area contributed by atoms with Crippen LogP contribution in [0.3, 0.4) is 0 Å². The summed E-state index contributed by atoms with van der Waals surface area (Å²) in [7, 11) is 0. The van der Waals surface area contributed by atoms with Crippen LogP contribution in [0, 0.1) is 17.5 Å². The van der Waals surface area contributed by atoms with E-state index in [1.807, 2.05) is 0 Å². The molecule has 0 saturated carbocycles. The Morgan fingerprint density at radius 3 is 2.41 bits per heavy atom. The number of pyridine rings is 1. The van der Waals surface area contributed by atoms with E-state index in [0.717, 1.165) is 12.1 Å². The van der Waals surface area contributed by atoms with Gasteiger partial charge in [0.25, 0.3) is 0 Å². The third-order valence-corrected chi connectivity index (χ3v) is 2.10. The van der Waals surface area contributed by atoms with Crippen molar-refractivity contribution in [2.75, 3.05) is 11.1 Å². The number of nitrogens with one attached hydrogen (secondary N) is 1. The van der Waals surface area contributed by atoms with E-state index < -0.39 is 17.5 Å². The first-order chi connectivity index (χ1) is 8.08. The molecule has 3 N–H and O–H groups in total. The first-order valence-electron chi connectivity index (χ1n) is 4.70. The molecular formula is C11H8F3N3. The standard InChI is InChI=1S/C11H8F3N3/c12-7-2-3-8(11(14)10(7)13)17-6-1-4-9(15)16-5-6/h1-5,17H,(H2,15,16). The maximum absolute atomic E-state index is 13.3. The molecule has 0 saturated heterocycles. The van der Waals surface area contributed by atoms with Gasteiger partial charge in [0.05, 0.1) is 17.6 Å². The van der Waals surface area contributed by atoms with Gasteiger partial charge in [-0.15, -0.1) is 0 Å². The average Bonchev–Trinajstić information content (AvgIpc) is 2.33. The van der Waals surface area contributed by atoms with Crippen LogP contribution in [0.2, 0.25) is 0 Å². The number of hydrogen-bond acceptors (Lipinski definition) is 3. The van der Waals surface area contributed by atoms with Crippen LogP contribution in [0.1, 0.15) is 0 Å². The summed E-state index contributed by atoms with van der Waals surface area (Å²) < 4.78 is 38.9. The van der Waals surface area contributed by atoms with Crippen molar-refractivity contribution in [2.45, 2.75) is 0 Å². The molecule has 0 aliphatic heterocycles. The van der Waals surface area contributed by atoms with Gasteiger partial charge in [-0.1, -0.05) is 0 Å². The molecule has 1 aromatic heterocycles. The zero-order chi connectivity index (χ0) is 12.4. The van der Waals surface area contributed by atoms with Gasteiger partial charge in [-0.3, -0.25) is 0 Å². The molecule has 6 heteroatoms. The van der Waals surface area contributed by atoms with Crippen LogP contribution in [-0.4, -0.2) is 4.98 Å². The molecule has 3 nitrogen and oxygen atoms in total. The number of benzene rings is 1. The van der Waals surface area contributed by atoms with E-state index in [1.54, 1.807) is 6.07 Å². The number of hydrogen-bond donors (Lipinski definition) is 2. The summed E-state index contributed by atoms with van der Waals surface area (Å²) in [5, 5.41) is 2.57. The SMILES string of the molecule is Nc1ccc(Nc2ccc(F)c(F)c2F)cn1. The third kappa shape index (κ3) is 2.30. The van der Waals surface area contributed by atoms with Gasteiger partial charge >= 0.3 is 0 Å². The van der Waals surface area contributed by atoms with Gasteiger partial charge in [0.1, 0.15) is 5.82 Å². The number of halogens is 3. The number of rotatable bonds is 2. The summed E-state index contributed by atoms with van der Waals surface area (Å²) in [6.07, 6.45) is 1.36. The molecule has 2 aromatic rings. The fourth-order valence-corrected chi connectivity index (χ4v) is 1.26. The smallest absolute Gasteiger partial charge is 0.196 e. The van der Waals surface area contributed by atoms with Gasteiger partial charge in [0, 0.05) is 0 Å². The summed E-state index contributed by atoms with van der Waals surface area (Å²) in [4.78, 5) is 3.77. The molecule has 1 heterocycles. The normalized spacial score (nSPS) is 10.3. The number of aromatic nitrogens is 1. The summed E-state index contributed by atoms with van der Waals surface area (Å²) in [5.74, 6) is -3.72. The molecule has 0 unspecified atom stereocenters. The van der Waals surface area contributed by atoms with E-state index >= 15 is 0 Å². The lowest BCUT2D eigenvalue weighted by Gasteiger charge is -2.08. The van der Waals surface area contributed by atoms with Crippen LogP contribution in [0.4, 0.5) is 30.4 Å². The van der Waals surface area contributed by atoms with Crippen LogP contribution < -0.4 is 11.1 Å². The fraction of sp³-hybridized carbons (Fsp3) is 0. The second-order valence-corrected chi connectivity index (χ2v) is 3.32. The summed E-state index contributed by atoms with van der Waals surface area (Å²) >= 11 is 0. The molecular weight excluding hydrogens is 231 g/mol.